The molecule has 0 bridgehead atoms. The molecule has 3 nitrogen and oxygen atoms in total. The van der Waals surface area contributed by atoms with Crippen LogP contribution in [-0.2, 0) is 4.74 Å². The van der Waals surface area contributed by atoms with Gasteiger partial charge in [-0.15, -0.1) is 11.3 Å². The Kier molecular flexibility index (Phi) is 3.96. The quantitative estimate of drug-likeness (QED) is 0.740. The van der Waals surface area contributed by atoms with Gasteiger partial charge in [0.1, 0.15) is 0 Å². The Morgan fingerprint density at radius 1 is 1.41 bits per heavy atom. The van der Waals surface area contributed by atoms with Gasteiger partial charge in [0.05, 0.1) is 12.0 Å². The van der Waals surface area contributed by atoms with Gasteiger partial charge in [-0.2, -0.15) is 0 Å². The minimum Gasteiger partial charge on any atom is -0.464 e. The van der Waals surface area contributed by atoms with Gasteiger partial charge in [0.2, 0.25) is 0 Å². The number of ether oxygens (including phenoxy) is 1. The van der Waals surface area contributed by atoms with Crippen molar-refractivity contribution in [2.45, 2.75) is 0 Å². The van der Waals surface area contributed by atoms with E-state index < -0.39 is 5.97 Å². The summed E-state index contributed by atoms with van der Waals surface area (Å²) in [4.78, 5) is 16.5. The van der Waals surface area contributed by atoms with Crippen LogP contribution in [0.25, 0.3) is 10.4 Å². The van der Waals surface area contributed by atoms with E-state index in [0.717, 1.165) is 14.9 Å². The molecule has 0 saturated carbocycles. The highest BCUT2D eigenvalue weighted by Crippen LogP contribution is 2.34. The standard InChI is InChI=1S/C11H7Br2NO2S/c1-16-10(15)8-9(17-11(13)14-8)6-3-2-4-7(12)5-6/h2-5H,1H3. The Labute approximate surface area is 119 Å². The normalized spacial score (nSPS) is 10.3. The Hall–Kier alpha value is -0.720. The molecule has 0 saturated heterocycles. The first-order chi connectivity index (χ1) is 8.11. The van der Waals surface area contributed by atoms with Gasteiger partial charge in [-0.05, 0) is 33.6 Å². The fourth-order valence-corrected chi connectivity index (χ4v) is 3.19. The predicted octanol–water partition coefficient (Wildman–Crippen LogP) is 4.12. The molecule has 2 rings (SSSR count). The second-order valence-electron chi connectivity index (χ2n) is 3.15. The summed E-state index contributed by atoms with van der Waals surface area (Å²) in [6.07, 6.45) is 0. The maximum absolute atomic E-state index is 11.6. The summed E-state index contributed by atoms with van der Waals surface area (Å²) in [7, 11) is 1.35. The molecular formula is C11H7Br2NO2S. The van der Waals surface area contributed by atoms with Gasteiger partial charge in [0.25, 0.3) is 0 Å². The zero-order valence-electron chi connectivity index (χ0n) is 8.74. The summed E-state index contributed by atoms with van der Waals surface area (Å²) < 4.78 is 6.33. The van der Waals surface area contributed by atoms with E-state index in [0.29, 0.717) is 9.61 Å². The smallest absolute Gasteiger partial charge is 0.358 e. The van der Waals surface area contributed by atoms with Crippen LogP contribution in [0, 0.1) is 0 Å². The molecule has 0 N–H and O–H groups in total. The number of carbonyl (C=O) groups is 1. The number of aromatic nitrogens is 1. The average Bonchev–Trinajstić information content (AvgIpc) is 2.70. The molecule has 0 unspecified atom stereocenters. The molecule has 88 valence electrons. The van der Waals surface area contributed by atoms with Gasteiger partial charge in [-0.25, -0.2) is 9.78 Å². The highest BCUT2D eigenvalue weighted by molar-refractivity contribution is 9.11. The van der Waals surface area contributed by atoms with E-state index in [2.05, 4.69) is 36.8 Å². The summed E-state index contributed by atoms with van der Waals surface area (Å²) in [6, 6.07) is 7.70. The van der Waals surface area contributed by atoms with Gasteiger partial charge in [-0.1, -0.05) is 28.1 Å². The predicted molar refractivity (Wildman–Crippen MR) is 74.3 cm³/mol. The fourth-order valence-electron chi connectivity index (χ4n) is 1.35. The lowest BCUT2D eigenvalue weighted by Crippen LogP contribution is -2.03. The first-order valence-electron chi connectivity index (χ1n) is 4.62. The lowest BCUT2D eigenvalue weighted by Gasteiger charge is -2.01. The monoisotopic (exact) mass is 375 g/mol. The molecule has 1 heterocycles. The maximum atomic E-state index is 11.6. The first kappa shape index (κ1) is 12.7. The minimum absolute atomic E-state index is 0.336. The number of hydrogen-bond acceptors (Lipinski definition) is 4. The van der Waals surface area contributed by atoms with E-state index in [1.54, 1.807) is 0 Å². The number of methoxy groups -OCH3 is 1. The highest BCUT2D eigenvalue weighted by Gasteiger charge is 2.19. The van der Waals surface area contributed by atoms with Crippen molar-refractivity contribution in [3.05, 3.63) is 38.3 Å². The number of halogens is 2. The van der Waals surface area contributed by atoms with Gasteiger partial charge in [0.15, 0.2) is 9.61 Å². The van der Waals surface area contributed by atoms with Gasteiger partial charge < -0.3 is 4.74 Å². The van der Waals surface area contributed by atoms with E-state index in [1.807, 2.05) is 24.3 Å². The highest BCUT2D eigenvalue weighted by atomic mass is 79.9. The summed E-state index contributed by atoms with van der Waals surface area (Å²) in [5, 5.41) is 0. The second kappa shape index (κ2) is 5.29. The Bertz CT molecular complexity index is 568. The minimum atomic E-state index is -0.429. The van der Waals surface area contributed by atoms with Crippen molar-refractivity contribution in [3.8, 4) is 10.4 Å². The van der Waals surface area contributed by atoms with Crippen LogP contribution in [0.15, 0.2) is 32.7 Å². The topological polar surface area (TPSA) is 39.2 Å². The molecule has 0 atom stereocenters. The summed E-state index contributed by atoms with van der Waals surface area (Å²) in [5.74, 6) is -0.429. The van der Waals surface area contributed by atoms with Crippen LogP contribution in [0.1, 0.15) is 10.5 Å². The molecule has 0 fully saturated rings. The van der Waals surface area contributed by atoms with E-state index in [9.17, 15) is 4.79 Å². The molecular weight excluding hydrogens is 370 g/mol. The molecule has 0 spiro atoms. The number of nitrogens with zero attached hydrogens (tertiary/aromatic N) is 1. The van der Waals surface area contributed by atoms with Crippen LogP contribution < -0.4 is 0 Å². The van der Waals surface area contributed by atoms with E-state index in [1.165, 1.54) is 18.4 Å². The number of benzene rings is 1. The first-order valence-corrected chi connectivity index (χ1v) is 7.02. The van der Waals surface area contributed by atoms with Crippen molar-refractivity contribution in [3.63, 3.8) is 0 Å². The fraction of sp³-hybridized carbons (Fsp3) is 0.0909. The van der Waals surface area contributed by atoms with Crippen LogP contribution >= 0.6 is 43.2 Å². The maximum Gasteiger partial charge on any atom is 0.358 e. The van der Waals surface area contributed by atoms with E-state index in [-0.39, 0.29) is 0 Å². The number of thiazole rings is 1. The third-order valence-corrected chi connectivity index (χ3v) is 4.12. The molecule has 1 aromatic heterocycles. The molecule has 1 aromatic carbocycles. The molecule has 6 heteroatoms. The third kappa shape index (κ3) is 2.75. The molecule has 0 aliphatic heterocycles. The van der Waals surface area contributed by atoms with Crippen molar-refractivity contribution in [2.24, 2.45) is 0 Å². The zero-order chi connectivity index (χ0) is 12.4. The molecule has 0 radical (unpaired) electrons. The number of carbonyl (C=O) groups excluding carboxylic acids is 1. The summed E-state index contributed by atoms with van der Waals surface area (Å²) in [5.41, 5.74) is 1.27. The van der Waals surface area contributed by atoms with Crippen LogP contribution in [0.2, 0.25) is 0 Å². The molecule has 17 heavy (non-hydrogen) atoms. The number of esters is 1. The van der Waals surface area contributed by atoms with Crippen LogP contribution in [0.4, 0.5) is 0 Å². The third-order valence-electron chi connectivity index (χ3n) is 2.07. The molecule has 0 aliphatic rings. The molecule has 2 aromatic rings. The average molecular weight is 377 g/mol. The van der Waals surface area contributed by atoms with Crippen LogP contribution in [0.5, 0.6) is 0 Å². The molecule has 0 aliphatic carbocycles. The Morgan fingerprint density at radius 2 is 2.18 bits per heavy atom. The van der Waals surface area contributed by atoms with Crippen molar-refractivity contribution in [1.82, 2.24) is 4.98 Å². The Morgan fingerprint density at radius 3 is 2.82 bits per heavy atom. The SMILES string of the molecule is COC(=O)c1nc(Br)sc1-c1cccc(Br)c1. The van der Waals surface area contributed by atoms with Crippen molar-refractivity contribution in [1.29, 1.82) is 0 Å². The van der Waals surface area contributed by atoms with Gasteiger partial charge in [-0.3, -0.25) is 0 Å². The van der Waals surface area contributed by atoms with Gasteiger partial charge >= 0.3 is 5.97 Å². The summed E-state index contributed by atoms with van der Waals surface area (Å²) >= 11 is 8.09. The van der Waals surface area contributed by atoms with Crippen molar-refractivity contribution >= 4 is 49.2 Å². The summed E-state index contributed by atoms with van der Waals surface area (Å²) in [6.45, 7) is 0. The van der Waals surface area contributed by atoms with Crippen LogP contribution in [0.3, 0.4) is 0 Å². The zero-order valence-corrected chi connectivity index (χ0v) is 12.7. The van der Waals surface area contributed by atoms with Crippen molar-refractivity contribution in [2.75, 3.05) is 7.11 Å². The lowest BCUT2D eigenvalue weighted by atomic mass is 10.1. The Balaban J connectivity index is 2.55. The lowest BCUT2D eigenvalue weighted by molar-refractivity contribution is 0.0595. The van der Waals surface area contributed by atoms with E-state index in [4.69, 9.17) is 4.74 Å². The number of hydrogen-bond donors (Lipinski definition) is 0. The largest absolute Gasteiger partial charge is 0.464 e. The second-order valence-corrected chi connectivity index (χ2v) is 6.34. The molecule has 0 amide bonds. The van der Waals surface area contributed by atoms with Crippen LogP contribution in [-0.4, -0.2) is 18.1 Å². The van der Waals surface area contributed by atoms with Gasteiger partial charge in [0, 0.05) is 4.47 Å². The van der Waals surface area contributed by atoms with Crippen molar-refractivity contribution < 1.29 is 9.53 Å². The van der Waals surface area contributed by atoms with E-state index >= 15 is 0 Å². The number of rotatable bonds is 2.